The van der Waals surface area contributed by atoms with Gasteiger partial charge in [0, 0.05) is 6.07 Å². The molecule has 0 aliphatic carbocycles. The zero-order chi connectivity index (χ0) is 25.8. The fraction of sp³-hybridized carbons (Fsp3) is 0.276. The van der Waals surface area contributed by atoms with Crippen LogP contribution in [0, 0.1) is 11.3 Å². The number of benzene rings is 3. The van der Waals surface area contributed by atoms with Gasteiger partial charge >= 0.3 is 11.9 Å². The molecule has 0 bridgehead atoms. The molecule has 0 unspecified atom stereocenters. The monoisotopic (exact) mass is 505 g/mol. The Labute approximate surface area is 216 Å². The second kappa shape index (κ2) is 13.9. The van der Waals surface area contributed by atoms with Crippen LogP contribution in [0.5, 0.6) is 17.2 Å². The number of unbranched alkanes of at least 4 members (excludes halogenated alkanes) is 5. The van der Waals surface area contributed by atoms with Gasteiger partial charge in [-0.15, -0.1) is 0 Å². The van der Waals surface area contributed by atoms with Crippen LogP contribution in [-0.2, 0) is 0 Å². The normalized spacial score (nSPS) is 10.4. The van der Waals surface area contributed by atoms with Crippen LogP contribution in [0.15, 0.2) is 66.7 Å². The molecule has 3 aromatic carbocycles. The zero-order valence-corrected chi connectivity index (χ0v) is 20.9. The third-order valence-corrected chi connectivity index (χ3v) is 5.73. The molecule has 0 aromatic heterocycles. The summed E-state index contributed by atoms with van der Waals surface area (Å²) in [7, 11) is 0. The summed E-state index contributed by atoms with van der Waals surface area (Å²) in [6, 6.07) is 19.1. The Balaban J connectivity index is 1.50. The number of hydrogen-bond acceptors (Lipinski definition) is 6. The largest absolute Gasteiger partial charge is 0.494 e. The van der Waals surface area contributed by atoms with E-state index in [1.165, 1.54) is 68.1 Å². The summed E-state index contributed by atoms with van der Waals surface area (Å²) >= 11 is 6.25. The molecule has 0 N–H and O–H groups in total. The molecule has 3 aromatic rings. The van der Waals surface area contributed by atoms with Gasteiger partial charge < -0.3 is 14.2 Å². The lowest BCUT2D eigenvalue weighted by Gasteiger charge is -2.10. The summed E-state index contributed by atoms with van der Waals surface area (Å²) < 4.78 is 16.5. The van der Waals surface area contributed by atoms with Gasteiger partial charge in [0.15, 0.2) is 0 Å². The van der Waals surface area contributed by atoms with Gasteiger partial charge in [-0.05, 0) is 67.1 Å². The van der Waals surface area contributed by atoms with Gasteiger partial charge in [-0.3, -0.25) is 0 Å². The van der Waals surface area contributed by atoms with Gasteiger partial charge in [-0.1, -0.05) is 50.6 Å². The van der Waals surface area contributed by atoms with E-state index in [1.54, 1.807) is 24.3 Å². The van der Waals surface area contributed by atoms with Crippen molar-refractivity contribution in [1.82, 2.24) is 0 Å². The first-order valence-electron chi connectivity index (χ1n) is 12.0. The lowest BCUT2D eigenvalue weighted by atomic mass is 10.1. The van der Waals surface area contributed by atoms with E-state index in [4.69, 9.17) is 31.1 Å². The van der Waals surface area contributed by atoms with Crippen LogP contribution in [0.2, 0.25) is 5.02 Å². The molecule has 36 heavy (non-hydrogen) atoms. The van der Waals surface area contributed by atoms with Crippen molar-refractivity contribution in [2.75, 3.05) is 6.61 Å². The Bertz CT molecular complexity index is 1200. The van der Waals surface area contributed by atoms with E-state index in [9.17, 15) is 9.59 Å². The van der Waals surface area contributed by atoms with Gasteiger partial charge in [0.25, 0.3) is 0 Å². The van der Waals surface area contributed by atoms with Crippen LogP contribution in [-0.4, -0.2) is 18.5 Å². The van der Waals surface area contributed by atoms with Crippen molar-refractivity contribution in [3.8, 4) is 23.3 Å². The van der Waals surface area contributed by atoms with E-state index in [2.05, 4.69) is 6.92 Å². The molecule has 0 fully saturated rings. The number of rotatable bonds is 12. The molecule has 0 saturated carbocycles. The highest BCUT2D eigenvalue weighted by Gasteiger charge is 2.16. The molecule has 0 atom stereocenters. The molecule has 0 radical (unpaired) electrons. The van der Waals surface area contributed by atoms with E-state index >= 15 is 0 Å². The highest BCUT2D eigenvalue weighted by atomic mass is 35.5. The summed E-state index contributed by atoms with van der Waals surface area (Å²) in [4.78, 5) is 24.9. The van der Waals surface area contributed by atoms with Crippen molar-refractivity contribution < 1.29 is 23.8 Å². The molecule has 0 spiro atoms. The predicted molar refractivity (Wildman–Crippen MR) is 138 cm³/mol. The van der Waals surface area contributed by atoms with Gasteiger partial charge in [0.05, 0.1) is 34.4 Å². The Morgan fingerprint density at radius 3 is 2.06 bits per heavy atom. The van der Waals surface area contributed by atoms with Crippen molar-refractivity contribution in [3.05, 3.63) is 88.4 Å². The van der Waals surface area contributed by atoms with Gasteiger partial charge in [0.2, 0.25) is 0 Å². The van der Waals surface area contributed by atoms with E-state index < -0.39 is 11.9 Å². The average molecular weight is 506 g/mol. The van der Waals surface area contributed by atoms with Crippen LogP contribution in [0.1, 0.15) is 71.7 Å². The standard InChI is InChI=1S/C29H28ClNO5/c1-2-3-4-5-6-7-18-34-23-12-14-24(15-13-23)35-29(33)26-17-16-25(19-27(26)30)36-28(32)22-10-8-21(20-31)9-11-22/h8-17,19H,2-7,18H2,1H3. The number of esters is 2. The number of halogens is 1. The average Bonchev–Trinajstić information content (AvgIpc) is 2.89. The minimum atomic E-state index is -0.634. The quantitative estimate of drug-likeness (QED) is 0.145. The number of carbonyl (C=O) groups is 2. The second-order valence-corrected chi connectivity index (χ2v) is 8.60. The summed E-state index contributed by atoms with van der Waals surface area (Å²) in [5, 5.41) is 8.94. The predicted octanol–water partition coefficient (Wildman–Crippen LogP) is 7.39. The Morgan fingerprint density at radius 2 is 1.39 bits per heavy atom. The summed E-state index contributed by atoms with van der Waals surface area (Å²) in [5.41, 5.74) is 0.860. The number of nitriles is 1. The maximum Gasteiger partial charge on any atom is 0.345 e. The number of hydrogen-bond donors (Lipinski definition) is 0. The molecular weight excluding hydrogens is 478 g/mol. The first-order chi connectivity index (χ1) is 17.5. The molecule has 6 nitrogen and oxygen atoms in total. The Hall–Kier alpha value is -3.82. The highest BCUT2D eigenvalue weighted by molar-refractivity contribution is 6.33. The topological polar surface area (TPSA) is 85.6 Å². The zero-order valence-electron chi connectivity index (χ0n) is 20.2. The fourth-order valence-electron chi connectivity index (χ4n) is 3.41. The van der Waals surface area contributed by atoms with Crippen molar-refractivity contribution in [1.29, 1.82) is 5.26 Å². The Kier molecular flexibility index (Phi) is 10.3. The van der Waals surface area contributed by atoms with Gasteiger partial charge in [0.1, 0.15) is 17.2 Å². The van der Waals surface area contributed by atoms with E-state index in [0.717, 1.165) is 18.6 Å². The van der Waals surface area contributed by atoms with Gasteiger partial charge in [-0.25, -0.2) is 9.59 Å². The summed E-state index contributed by atoms with van der Waals surface area (Å²) in [5.74, 6) is 0.0160. The highest BCUT2D eigenvalue weighted by Crippen LogP contribution is 2.26. The van der Waals surface area contributed by atoms with E-state index in [-0.39, 0.29) is 21.9 Å². The molecule has 0 heterocycles. The van der Waals surface area contributed by atoms with Crippen LogP contribution >= 0.6 is 11.6 Å². The number of ether oxygens (including phenoxy) is 3. The lowest BCUT2D eigenvalue weighted by molar-refractivity contribution is 0.0730. The Morgan fingerprint density at radius 1 is 0.778 bits per heavy atom. The SMILES string of the molecule is CCCCCCCCOc1ccc(OC(=O)c2ccc(OC(=O)c3ccc(C#N)cc3)cc2Cl)cc1. The maximum absolute atomic E-state index is 12.6. The molecule has 3 rings (SSSR count). The lowest BCUT2D eigenvalue weighted by Crippen LogP contribution is -2.11. The molecule has 7 heteroatoms. The number of nitrogens with zero attached hydrogens (tertiary/aromatic N) is 1. The maximum atomic E-state index is 12.6. The van der Waals surface area contributed by atoms with E-state index in [0.29, 0.717) is 17.9 Å². The van der Waals surface area contributed by atoms with Crippen molar-refractivity contribution >= 4 is 23.5 Å². The first kappa shape index (κ1) is 26.8. The minimum Gasteiger partial charge on any atom is -0.494 e. The molecule has 0 aliphatic heterocycles. The molecule has 186 valence electrons. The smallest absolute Gasteiger partial charge is 0.345 e. The molecule has 0 saturated heterocycles. The van der Waals surface area contributed by atoms with Crippen LogP contribution in [0.25, 0.3) is 0 Å². The minimum absolute atomic E-state index is 0.0871. The van der Waals surface area contributed by atoms with Crippen LogP contribution < -0.4 is 14.2 Å². The third kappa shape index (κ3) is 8.14. The fourth-order valence-corrected chi connectivity index (χ4v) is 3.66. The van der Waals surface area contributed by atoms with Crippen molar-refractivity contribution in [2.45, 2.75) is 45.4 Å². The summed E-state index contributed by atoms with van der Waals surface area (Å²) in [6.07, 6.45) is 7.19. The van der Waals surface area contributed by atoms with Crippen LogP contribution in [0.4, 0.5) is 0 Å². The van der Waals surface area contributed by atoms with Crippen LogP contribution in [0.3, 0.4) is 0 Å². The van der Waals surface area contributed by atoms with E-state index in [1.807, 2.05) is 6.07 Å². The first-order valence-corrected chi connectivity index (χ1v) is 12.3. The number of carbonyl (C=O) groups excluding carboxylic acids is 2. The molecule has 0 aliphatic rings. The third-order valence-electron chi connectivity index (χ3n) is 5.42. The molecule has 0 amide bonds. The second-order valence-electron chi connectivity index (χ2n) is 8.20. The molecular formula is C29H28ClNO5. The van der Waals surface area contributed by atoms with Crippen molar-refractivity contribution in [3.63, 3.8) is 0 Å². The van der Waals surface area contributed by atoms with Crippen molar-refractivity contribution in [2.24, 2.45) is 0 Å². The van der Waals surface area contributed by atoms with Gasteiger partial charge in [-0.2, -0.15) is 5.26 Å². The summed E-state index contributed by atoms with van der Waals surface area (Å²) in [6.45, 7) is 2.86.